The molecule has 0 unspecified atom stereocenters. The van der Waals surface area contributed by atoms with Crippen molar-refractivity contribution < 1.29 is 0 Å². The second-order valence-electron chi connectivity index (χ2n) is 3.14. The molecule has 0 bridgehead atoms. The van der Waals surface area contributed by atoms with Crippen molar-refractivity contribution in [3.63, 3.8) is 0 Å². The van der Waals surface area contributed by atoms with Crippen LogP contribution in [0.15, 0.2) is 18.3 Å². The van der Waals surface area contributed by atoms with Crippen LogP contribution in [0.4, 0.5) is 0 Å². The Kier molecular flexibility index (Phi) is 2.23. The highest BCUT2D eigenvalue weighted by Gasteiger charge is 2.15. The third-order valence-corrected chi connectivity index (χ3v) is 2.52. The van der Waals surface area contributed by atoms with Crippen molar-refractivity contribution in [1.29, 1.82) is 0 Å². The Bertz CT molecular complexity index is 292. The molecule has 0 saturated carbocycles. The molecule has 0 amide bonds. The van der Waals surface area contributed by atoms with Gasteiger partial charge in [0.1, 0.15) is 4.64 Å². The lowest BCUT2D eigenvalue weighted by atomic mass is 10.1. The minimum atomic E-state index is 0.539. The largest absolute Gasteiger partial charge is 0.353 e. The summed E-state index contributed by atoms with van der Waals surface area (Å²) in [6.45, 7) is 1.14. The molecular formula is C9H12N2S. The molecule has 12 heavy (non-hydrogen) atoms. The van der Waals surface area contributed by atoms with Gasteiger partial charge in [0.05, 0.1) is 0 Å². The lowest BCUT2D eigenvalue weighted by Gasteiger charge is -2.08. The second-order valence-corrected chi connectivity index (χ2v) is 3.58. The van der Waals surface area contributed by atoms with E-state index in [1.807, 2.05) is 12.3 Å². The number of aromatic amines is 1. The Balaban J connectivity index is 2.22. The summed E-state index contributed by atoms with van der Waals surface area (Å²) in [5.41, 5.74) is 1.32. The van der Waals surface area contributed by atoms with Gasteiger partial charge < -0.3 is 10.3 Å². The molecule has 0 aromatic carbocycles. The van der Waals surface area contributed by atoms with Crippen LogP contribution in [0, 0.1) is 4.64 Å². The van der Waals surface area contributed by atoms with Gasteiger partial charge in [-0.25, -0.2) is 0 Å². The van der Waals surface area contributed by atoms with E-state index in [4.69, 9.17) is 12.2 Å². The van der Waals surface area contributed by atoms with Crippen molar-refractivity contribution in [1.82, 2.24) is 10.3 Å². The third kappa shape index (κ3) is 1.57. The lowest BCUT2D eigenvalue weighted by Crippen LogP contribution is -2.12. The van der Waals surface area contributed by atoms with Crippen LogP contribution in [0.1, 0.15) is 24.4 Å². The van der Waals surface area contributed by atoms with Crippen LogP contribution >= 0.6 is 12.2 Å². The molecule has 0 aliphatic carbocycles. The first-order valence-electron chi connectivity index (χ1n) is 4.28. The van der Waals surface area contributed by atoms with Gasteiger partial charge in [0, 0.05) is 12.2 Å². The topological polar surface area (TPSA) is 27.8 Å². The average molecular weight is 180 g/mol. The highest BCUT2D eigenvalue weighted by molar-refractivity contribution is 7.71. The van der Waals surface area contributed by atoms with Crippen LogP contribution in [-0.4, -0.2) is 11.5 Å². The summed E-state index contributed by atoms with van der Waals surface area (Å²) in [4.78, 5) is 3.05. The van der Waals surface area contributed by atoms with Gasteiger partial charge in [-0.1, -0.05) is 18.3 Å². The van der Waals surface area contributed by atoms with Crippen LogP contribution in [0.25, 0.3) is 0 Å². The SMILES string of the molecule is S=c1ccc([C@H]2CCCN2)c[nH]1. The molecular weight excluding hydrogens is 168 g/mol. The van der Waals surface area contributed by atoms with Crippen LogP contribution in [0.3, 0.4) is 0 Å². The van der Waals surface area contributed by atoms with E-state index in [-0.39, 0.29) is 0 Å². The Hall–Kier alpha value is -0.670. The van der Waals surface area contributed by atoms with Crippen LogP contribution < -0.4 is 5.32 Å². The van der Waals surface area contributed by atoms with Gasteiger partial charge >= 0.3 is 0 Å². The van der Waals surface area contributed by atoms with E-state index in [2.05, 4.69) is 16.4 Å². The highest BCUT2D eigenvalue weighted by Crippen LogP contribution is 2.21. The van der Waals surface area contributed by atoms with E-state index in [1.165, 1.54) is 18.4 Å². The van der Waals surface area contributed by atoms with Gasteiger partial charge in [0.25, 0.3) is 0 Å². The zero-order valence-corrected chi connectivity index (χ0v) is 7.66. The fourth-order valence-corrected chi connectivity index (χ4v) is 1.74. The quantitative estimate of drug-likeness (QED) is 0.648. The molecule has 1 saturated heterocycles. The molecule has 0 radical (unpaired) electrons. The Morgan fingerprint density at radius 2 is 2.33 bits per heavy atom. The molecule has 1 aliphatic rings. The summed E-state index contributed by atoms with van der Waals surface area (Å²) >= 11 is 4.97. The third-order valence-electron chi connectivity index (χ3n) is 2.27. The summed E-state index contributed by atoms with van der Waals surface area (Å²) in [5, 5.41) is 3.44. The fraction of sp³-hybridized carbons (Fsp3) is 0.444. The molecule has 0 spiro atoms. The average Bonchev–Trinajstić information content (AvgIpc) is 2.58. The molecule has 2 nitrogen and oxygen atoms in total. The molecule has 1 aromatic heterocycles. The van der Waals surface area contributed by atoms with Gasteiger partial charge in [-0.05, 0) is 31.0 Å². The predicted octanol–water partition coefficient (Wildman–Crippen LogP) is 2.17. The summed E-state index contributed by atoms with van der Waals surface area (Å²) in [7, 11) is 0. The number of hydrogen-bond donors (Lipinski definition) is 2. The normalized spacial score (nSPS) is 22.8. The maximum absolute atomic E-state index is 4.97. The molecule has 2 rings (SSSR count). The van der Waals surface area contributed by atoms with E-state index < -0.39 is 0 Å². The molecule has 3 heteroatoms. The van der Waals surface area contributed by atoms with E-state index in [9.17, 15) is 0 Å². The molecule has 2 heterocycles. The van der Waals surface area contributed by atoms with Gasteiger partial charge in [0.15, 0.2) is 0 Å². The number of pyridine rings is 1. The summed E-state index contributed by atoms with van der Waals surface area (Å²) in [5.74, 6) is 0. The summed E-state index contributed by atoms with van der Waals surface area (Å²) in [6.07, 6.45) is 4.52. The fourth-order valence-electron chi connectivity index (χ4n) is 1.61. The maximum Gasteiger partial charge on any atom is 0.103 e. The van der Waals surface area contributed by atoms with Crippen LogP contribution in [-0.2, 0) is 0 Å². The first-order chi connectivity index (χ1) is 5.86. The maximum atomic E-state index is 4.97. The van der Waals surface area contributed by atoms with Gasteiger partial charge in [-0.3, -0.25) is 0 Å². The van der Waals surface area contributed by atoms with E-state index >= 15 is 0 Å². The smallest absolute Gasteiger partial charge is 0.103 e. The van der Waals surface area contributed by atoms with E-state index in [0.717, 1.165) is 11.2 Å². The first-order valence-corrected chi connectivity index (χ1v) is 4.69. The Labute approximate surface area is 77.0 Å². The summed E-state index contributed by atoms with van der Waals surface area (Å²) < 4.78 is 0.803. The standard InChI is InChI=1S/C9H12N2S/c12-9-4-3-7(6-11-9)8-2-1-5-10-8/h3-4,6,8,10H,1-2,5H2,(H,11,12)/t8-/m1/s1. The lowest BCUT2D eigenvalue weighted by molar-refractivity contribution is 0.645. The highest BCUT2D eigenvalue weighted by atomic mass is 32.1. The Morgan fingerprint density at radius 1 is 1.42 bits per heavy atom. The monoisotopic (exact) mass is 180 g/mol. The van der Waals surface area contributed by atoms with E-state index in [1.54, 1.807) is 0 Å². The zero-order valence-electron chi connectivity index (χ0n) is 6.84. The minimum absolute atomic E-state index is 0.539. The molecule has 64 valence electrons. The summed E-state index contributed by atoms with van der Waals surface area (Å²) in [6, 6.07) is 4.59. The van der Waals surface area contributed by atoms with Gasteiger partial charge in [-0.15, -0.1) is 0 Å². The Morgan fingerprint density at radius 3 is 2.92 bits per heavy atom. The molecule has 1 aliphatic heterocycles. The van der Waals surface area contributed by atoms with Crippen LogP contribution in [0.2, 0.25) is 0 Å². The number of hydrogen-bond acceptors (Lipinski definition) is 2. The molecule has 1 fully saturated rings. The van der Waals surface area contributed by atoms with Gasteiger partial charge in [0.2, 0.25) is 0 Å². The number of nitrogens with one attached hydrogen (secondary N) is 2. The van der Waals surface area contributed by atoms with Crippen molar-refractivity contribution in [3.05, 3.63) is 28.5 Å². The number of aromatic nitrogens is 1. The zero-order chi connectivity index (χ0) is 8.39. The van der Waals surface area contributed by atoms with Crippen molar-refractivity contribution >= 4 is 12.2 Å². The van der Waals surface area contributed by atoms with Crippen LogP contribution in [0.5, 0.6) is 0 Å². The molecule has 1 atom stereocenters. The molecule has 2 N–H and O–H groups in total. The number of H-pyrrole nitrogens is 1. The number of rotatable bonds is 1. The second kappa shape index (κ2) is 3.37. The first kappa shape index (κ1) is 7.95. The predicted molar refractivity (Wildman–Crippen MR) is 51.6 cm³/mol. The van der Waals surface area contributed by atoms with Crippen molar-refractivity contribution in [2.24, 2.45) is 0 Å². The van der Waals surface area contributed by atoms with Gasteiger partial charge in [-0.2, -0.15) is 0 Å². The van der Waals surface area contributed by atoms with Crippen molar-refractivity contribution in [2.75, 3.05) is 6.54 Å². The minimum Gasteiger partial charge on any atom is -0.353 e. The molecule has 1 aromatic rings. The van der Waals surface area contributed by atoms with Crippen molar-refractivity contribution in [2.45, 2.75) is 18.9 Å². The van der Waals surface area contributed by atoms with E-state index in [0.29, 0.717) is 6.04 Å². The van der Waals surface area contributed by atoms with Crippen molar-refractivity contribution in [3.8, 4) is 0 Å².